The minimum Gasteiger partial charge on any atom is -0.252 e. The van der Waals surface area contributed by atoms with Gasteiger partial charge in [-0.2, -0.15) is 4.57 Å². The van der Waals surface area contributed by atoms with E-state index in [1.54, 1.807) is 12.4 Å². The van der Waals surface area contributed by atoms with Crippen molar-refractivity contribution >= 4 is 0 Å². The first-order valence-corrected chi connectivity index (χ1v) is 5.79. The maximum absolute atomic E-state index is 4.39. The van der Waals surface area contributed by atoms with Gasteiger partial charge in [0.25, 0.3) is 0 Å². The van der Waals surface area contributed by atoms with Gasteiger partial charge in [-0.25, -0.2) is 0 Å². The molecule has 0 saturated carbocycles. The highest BCUT2D eigenvalue weighted by molar-refractivity contribution is 5.50. The van der Waals surface area contributed by atoms with E-state index in [-0.39, 0.29) is 0 Å². The van der Waals surface area contributed by atoms with Crippen molar-refractivity contribution in [2.24, 2.45) is 0 Å². The molecule has 3 rings (SSSR count). The highest BCUT2D eigenvalue weighted by atomic mass is 15.1. The van der Waals surface area contributed by atoms with Crippen LogP contribution < -0.4 is 4.57 Å². The highest BCUT2D eigenvalue weighted by Crippen LogP contribution is 2.12. The highest BCUT2D eigenvalue weighted by Gasteiger charge is 2.13. The quantitative estimate of drug-likeness (QED) is 0.637. The zero-order chi connectivity index (χ0) is 12.2. The third-order valence-electron chi connectivity index (χ3n) is 2.68. The normalized spacial score (nSPS) is 10.2. The van der Waals surface area contributed by atoms with Crippen LogP contribution in [0.4, 0.5) is 0 Å². The van der Waals surface area contributed by atoms with Crippen LogP contribution in [-0.4, -0.2) is 9.97 Å². The molecule has 0 bridgehead atoms. The second-order valence-corrected chi connectivity index (χ2v) is 3.86. The lowest BCUT2D eigenvalue weighted by Crippen LogP contribution is -2.34. The summed E-state index contributed by atoms with van der Waals surface area (Å²) in [5.41, 5.74) is 1.96. The molecule has 3 aromatic rings. The van der Waals surface area contributed by atoms with E-state index in [1.807, 2.05) is 65.4 Å². The fourth-order valence-corrected chi connectivity index (χ4v) is 1.86. The summed E-state index contributed by atoms with van der Waals surface area (Å²) in [7, 11) is 0. The average Bonchev–Trinajstić information content (AvgIpc) is 2.49. The molecule has 0 aliphatic rings. The van der Waals surface area contributed by atoms with E-state index in [2.05, 4.69) is 9.97 Å². The molecule has 0 spiro atoms. The molecule has 3 heteroatoms. The van der Waals surface area contributed by atoms with Crippen molar-refractivity contribution in [3.63, 3.8) is 0 Å². The average molecular weight is 234 g/mol. The van der Waals surface area contributed by atoms with Crippen LogP contribution in [0, 0.1) is 0 Å². The topological polar surface area (TPSA) is 29.7 Å². The van der Waals surface area contributed by atoms with Gasteiger partial charge >= 0.3 is 5.82 Å². The van der Waals surface area contributed by atoms with Crippen LogP contribution in [-0.2, 0) is 0 Å². The van der Waals surface area contributed by atoms with Crippen molar-refractivity contribution in [1.29, 1.82) is 0 Å². The minimum absolute atomic E-state index is 0.888. The molecule has 0 atom stereocenters. The Hall–Kier alpha value is -2.55. The Kier molecular flexibility index (Phi) is 2.80. The lowest BCUT2D eigenvalue weighted by Gasteiger charge is -2.03. The lowest BCUT2D eigenvalue weighted by atomic mass is 10.2. The Balaban J connectivity index is 2.18. The Morgan fingerprint density at radius 3 is 2.22 bits per heavy atom. The first-order valence-electron chi connectivity index (χ1n) is 5.79. The maximum atomic E-state index is 4.39. The van der Waals surface area contributed by atoms with Gasteiger partial charge in [0.1, 0.15) is 11.9 Å². The molecule has 3 aromatic heterocycles. The molecular weight excluding hydrogens is 222 g/mol. The SMILES string of the molecule is c1ccc(-c2cccc[n+]2-c2ccccn2)nc1. The minimum atomic E-state index is 0.888. The van der Waals surface area contributed by atoms with Gasteiger partial charge in [0.05, 0.1) is 6.20 Å². The second-order valence-electron chi connectivity index (χ2n) is 3.86. The molecule has 0 aliphatic heterocycles. The van der Waals surface area contributed by atoms with Crippen molar-refractivity contribution in [2.45, 2.75) is 0 Å². The Bertz CT molecular complexity index is 578. The number of hydrogen-bond acceptors (Lipinski definition) is 2. The van der Waals surface area contributed by atoms with Crippen LogP contribution in [0.2, 0.25) is 0 Å². The van der Waals surface area contributed by atoms with E-state index >= 15 is 0 Å². The maximum Gasteiger partial charge on any atom is 0.328 e. The smallest absolute Gasteiger partial charge is 0.252 e. The zero-order valence-corrected chi connectivity index (χ0v) is 9.77. The van der Waals surface area contributed by atoms with Crippen LogP contribution in [0.3, 0.4) is 0 Å². The second kappa shape index (κ2) is 4.75. The fraction of sp³-hybridized carbons (Fsp3) is 0. The van der Waals surface area contributed by atoms with Gasteiger partial charge in [-0.05, 0) is 35.3 Å². The summed E-state index contributed by atoms with van der Waals surface area (Å²) < 4.78 is 2.03. The molecule has 0 aromatic carbocycles. The standard InChI is InChI=1S/C15H12N3/c1-4-10-16-13(7-1)14-8-3-6-12-18(14)15-9-2-5-11-17-15/h1-12H/q+1. The third kappa shape index (κ3) is 1.98. The molecule has 0 amide bonds. The molecule has 0 saturated heterocycles. The number of hydrogen-bond donors (Lipinski definition) is 0. The molecular formula is C15H12N3+. The van der Waals surface area contributed by atoms with Gasteiger partial charge in [-0.3, -0.25) is 4.98 Å². The summed E-state index contributed by atoms with van der Waals surface area (Å²) in [6, 6.07) is 17.8. The van der Waals surface area contributed by atoms with Gasteiger partial charge in [0.2, 0.25) is 0 Å². The number of rotatable bonds is 2. The van der Waals surface area contributed by atoms with Crippen molar-refractivity contribution < 1.29 is 4.57 Å². The van der Waals surface area contributed by atoms with Crippen molar-refractivity contribution in [3.8, 4) is 17.2 Å². The van der Waals surface area contributed by atoms with E-state index in [4.69, 9.17) is 0 Å². The summed E-state index contributed by atoms with van der Waals surface area (Å²) in [4.78, 5) is 8.76. The van der Waals surface area contributed by atoms with E-state index in [0.717, 1.165) is 17.2 Å². The molecule has 3 nitrogen and oxygen atoms in total. The predicted octanol–water partition coefficient (Wildman–Crippen LogP) is 2.42. The summed E-state index contributed by atoms with van der Waals surface area (Å²) >= 11 is 0. The molecule has 18 heavy (non-hydrogen) atoms. The van der Waals surface area contributed by atoms with Gasteiger partial charge in [0.15, 0.2) is 5.69 Å². The lowest BCUT2D eigenvalue weighted by molar-refractivity contribution is -0.588. The van der Waals surface area contributed by atoms with Gasteiger partial charge in [-0.1, -0.05) is 18.2 Å². The molecule has 86 valence electrons. The number of pyridine rings is 3. The summed E-state index contributed by atoms with van der Waals surface area (Å²) in [5.74, 6) is 0.888. The first kappa shape index (κ1) is 10.6. The third-order valence-corrected chi connectivity index (χ3v) is 2.68. The number of nitrogens with zero attached hydrogens (tertiary/aromatic N) is 3. The van der Waals surface area contributed by atoms with Crippen molar-refractivity contribution in [2.75, 3.05) is 0 Å². The first-order chi connectivity index (χ1) is 8.95. The van der Waals surface area contributed by atoms with E-state index in [0.29, 0.717) is 0 Å². The zero-order valence-electron chi connectivity index (χ0n) is 9.77. The molecule has 0 fully saturated rings. The summed E-state index contributed by atoms with van der Waals surface area (Å²) in [5, 5.41) is 0. The largest absolute Gasteiger partial charge is 0.328 e. The monoisotopic (exact) mass is 234 g/mol. The van der Waals surface area contributed by atoms with Crippen LogP contribution in [0.5, 0.6) is 0 Å². The van der Waals surface area contributed by atoms with Gasteiger partial charge in [0, 0.05) is 12.3 Å². The van der Waals surface area contributed by atoms with Crippen LogP contribution in [0.1, 0.15) is 0 Å². The van der Waals surface area contributed by atoms with Crippen LogP contribution in [0.25, 0.3) is 17.2 Å². The van der Waals surface area contributed by atoms with E-state index < -0.39 is 0 Å². The Morgan fingerprint density at radius 2 is 1.50 bits per heavy atom. The van der Waals surface area contributed by atoms with Crippen molar-refractivity contribution in [3.05, 3.63) is 73.2 Å². The molecule has 3 heterocycles. The predicted molar refractivity (Wildman–Crippen MR) is 69.0 cm³/mol. The van der Waals surface area contributed by atoms with Crippen LogP contribution in [0.15, 0.2) is 73.2 Å². The molecule has 0 unspecified atom stereocenters. The Morgan fingerprint density at radius 1 is 0.722 bits per heavy atom. The molecule has 0 radical (unpaired) electrons. The summed E-state index contributed by atoms with van der Waals surface area (Å²) in [6.07, 6.45) is 5.58. The Labute approximate surface area is 105 Å². The van der Waals surface area contributed by atoms with Gasteiger partial charge in [-0.15, -0.1) is 0 Å². The fourth-order valence-electron chi connectivity index (χ4n) is 1.86. The molecule has 0 aliphatic carbocycles. The van der Waals surface area contributed by atoms with E-state index in [9.17, 15) is 0 Å². The van der Waals surface area contributed by atoms with E-state index in [1.165, 1.54) is 0 Å². The number of aromatic nitrogens is 3. The summed E-state index contributed by atoms with van der Waals surface area (Å²) in [6.45, 7) is 0. The van der Waals surface area contributed by atoms with Crippen molar-refractivity contribution in [1.82, 2.24) is 9.97 Å². The van der Waals surface area contributed by atoms with Crippen LogP contribution >= 0.6 is 0 Å². The molecule has 0 N–H and O–H groups in total. The van der Waals surface area contributed by atoms with Gasteiger partial charge < -0.3 is 0 Å².